The van der Waals surface area contributed by atoms with Crippen LogP contribution < -0.4 is 15.0 Å². The summed E-state index contributed by atoms with van der Waals surface area (Å²) < 4.78 is 24.0. The molecule has 1 fully saturated rings. The Balaban J connectivity index is 1.45. The highest BCUT2D eigenvalue weighted by Gasteiger charge is 2.13. The van der Waals surface area contributed by atoms with Crippen molar-refractivity contribution >= 4 is 11.7 Å². The molecule has 6 nitrogen and oxygen atoms in total. The van der Waals surface area contributed by atoms with Gasteiger partial charge in [0.1, 0.15) is 12.4 Å². The van der Waals surface area contributed by atoms with Gasteiger partial charge in [0.05, 0.1) is 25.3 Å². The number of pyridine rings is 1. The van der Waals surface area contributed by atoms with Crippen molar-refractivity contribution in [3.8, 4) is 5.75 Å². The topological polar surface area (TPSA) is 63.7 Å². The Bertz CT molecular complexity index is 703. The molecule has 132 valence electrons. The van der Waals surface area contributed by atoms with Crippen molar-refractivity contribution in [3.63, 3.8) is 0 Å². The summed E-state index contributed by atoms with van der Waals surface area (Å²) in [4.78, 5) is 18.6. The molecule has 1 aromatic heterocycles. The van der Waals surface area contributed by atoms with E-state index in [1.807, 2.05) is 6.07 Å². The van der Waals surface area contributed by atoms with E-state index >= 15 is 0 Å². The summed E-state index contributed by atoms with van der Waals surface area (Å²) in [6.45, 7) is 3.43. The molecule has 0 spiro atoms. The molecule has 1 aromatic carbocycles. The lowest BCUT2D eigenvalue weighted by atomic mass is 10.2. The summed E-state index contributed by atoms with van der Waals surface area (Å²) in [6, 6.07) is 9.73. The number of hydrogen-bond donors (Lipinski definition) is 1. The number of amides is 1. The molecular formula is C18H20FN3O3. The average Bonchev–Trinajstić information content (AvgIpc) is 2.67. The number of carbonyl (C=O) groups excluding carboxylic acids is 1. The molecule has 1 N–H and O–H groups in total. The summed E-state index contributed by atoms with van der Waals surface area (Å²) in [5, 5.41) is 2.73. The first-order chi connectivity index (χ1) is 12.2. The molecule has 0 unspecified atom stereocenters. The van der Waals surface area contributed by atoms with Crippen LogP contribution in [-0.2, 0) is 4.74 Å². The van der Waals surface area contributed by atoms with Gasteiger partial charge < -0.3 is 19.7 Å². The van der Waals surface area contributed by atoms with Gasteiger partial charge in [0, 0.05) is 19.3 Å². The standard InChI is InChI=1S/C18H20FN3O3/c19-15-3-1-2-4-16(15)25-10-7-20-18(23)14-5-6-17(21-13-14)22-8-11-24-12-9-22/h1-6,13H,7-12H2,(H,20,23). The van der Waals surface area contributed by atoms with E-state index in [9.17, 15) is 9.18 Å². The molecule has 0 radical (unpaired) electrons. The first-order valence-electron chi connectivity index (χ1n) is 8.18. The fraction of sp³-hybridized carbons (Fsp3) is 0.333. The highest BCUT2D eigenvalue weighted by Crippen LogP contribution is 2.15. The Morgan fingerprint density at radius 1 is 1.24 bits per heavy atom. The Morgan fingerprint density at radius 3 is 2.76 bits per heavy atom. The molecular weight excluding hydrogens is 325 g/mol. The molecule has 1 saturated heterocycles. The average molecular weight is 345 g/mol. The maximum absolute atomic E-state index is 13.4. The zero-order valence-electron chi connectivity index (χ0n) is 13.8. The smallest absolute Gasteiger partial charge is 0.252 e. The first kappa shape index (κ1) is 17.2. The number of nitrogens with one attached hydrogen (secondary N) is 1. The Kier molecular flexibility index (Phi) is 5.79. The minimum absolute atomic E-state index is 0.174. The van der Waals surface area contributed by atoms with Crippen LogP contribution in [0.4, 0.5) is 10.2 Å². The normalized spacial score (nSPS) is 14.2. The summed E-state index contributed by atoms with van der Waals surface area (Å²) in [5.41, 5.74) is 0.475. The molecule has 0 atom stereocenters. The van der Waals surface area contributed by atoms with Gasteiger partial charge in [0.25, 0.3) is 5.91 Å². The van der Waals surface area contributed by atoms with Gasteiger partial charge in [-0.1, -0.05) is 12.1 Å². The molecule has 0 saturated carbocycles. The predicted octanol–water partition coefficient (Wildman–Crippen LogP) is 1.87. The highest BCUT2D eigenvalue weighted by atomic mass is 19.1. The van der Waals surface area contributed by atoms with Crippen molar-refractivity contribution in [2.24, 2.45) is 0 Å². The second-order valence-corrected chi connectivity index (χ2v) is 5.54. The van der Waals surface area contributed by atoms with Crippen molar-refractivity contribution < 1.29 is 18.7 Å². The minimum atomic E-state index is -0.420. The van der Waals surface area contributed by atoms with Crippen molar-refractivity contribution in [2.45, 2.75) is 0 Å². The van der Waals surface area contributed by atoms with Gasteiger partial charge in [-0.05, 0) is 24.3 Å². The van der Waals surface area contributed by atoms with Crippen LogP contribution in [0.15, 0.2) is 42.6 Å². The van der Waals surface area contributed by atoms with Gasteiger partial charge in [-0.3, -0.25) is 4.79 Å². The largest absolute Gasteiger partial charge is 0.489 e. The van der Waals surface area contributed by atoms with Crippen molar-refractivity contribution in [1.29, 1.82) is 0 Å². The summed E-state index contributed by atoms with van der Waals surface area (Å²) in [6.07, 6.45) is 1.55. The molecule has 25 heavy (non-hydrogen) atoms. The van der Waals surface area contributed by atoms with Gasteiger partial charge >= 0.3 is 0 Å². The Hall–Kier alpha value is -2.67. The quantitative estimate of drug-likeness (QED) is 0.810. The first-order valence-corrected chi connectivity index (χ1v) is 8.18. The van der Waals surface area contributed by atoms with E-state index in [-0.39, 0.29) is 24.8 Å². The SMILES string of the molecule is O=C(NCCOc1ccccc1F)c1ccc(N2CCOCC2)nc1. The Morgan fingerprint density at radius 2 is 2.04 bits per heavy atom. The van der Waals surface area contributed by atoms with E-state index in [0.29, 0.717) is 18.8 Å². The number of carbonyl (C=O) groups is 1. The molecule has 1 aliphatic heterocycles. The number of hydrogen-bond acceptors (Lipinski definition) is 5. The number of nitrogens with zero attached hydrogens (tertiary/aromatic N) is 2. The predicted molar refractivity (Wildman–Crippen MR) is 91.5 cm³/mol. The maximum atomic E-state index is 13.4. The number of aromatic nitrogens is 1. The van der Waals surface area contributed by atoms with Crippen LogP contribution in [-0.4, -0.2) is 50.3 Å². The van der Waals surface area contributed by atoms with Gasteiger partial charge in [-0.2, -0.15) is 0 Å². The number of halogens is 1. The van der Waals surface area contributed by atoms with Crippen LogP contribution in [0.5, 0.6) is 5.75 Å². The van der Waals surface area contributed by atoms with Crippen LogP contribution >= 0.6 is 0 Å². The zero-order valence-corrected chi connectivity index (χ0v) is 13.8. The highest BCUT2D eigenvalue weighted by molar-refractivity contribution is 5.94. The van der Waals surface area contributed by atoms with E-state index in [0.717, 1.165) is 18.9 Å². The van der Waals surface area contributed by atoms with Crippen molar-refractivity contribution in [3.05, 3.63) is 54.0 Å². The van der Waals surface area contributed by atoms with E-state index in [1.54, 1.807) is 30.5 Å². The minimum Gasteiger partial charge on any atom is -0.489 e. The van der Waals surface area contributed by atoms with E-state index in [1.165, 1.54) is 6.07 Å². The van der Waals surface area contributed by atoms with Crippen LogP contribution in [0, 0.1) is 5.82 Å². The molecule has 7 heteroatoms. The molecule has 1 aliphatic rings. The third-order valence-electron chi connectivity index (χ3n) is 3.83. The number of ether oxygens (including phenoxy) is 2. The summed E-state index contributed by atoms with van der Waals surface area (Å²) in [7, 11) is 0. The van der Waals surface area contributed by atoms with Gasteiger partial charge in [-0.25, -0.2) is 9.37 Å². The fourth-order valence-electron chi connectivity index (χ4n) is 2.49. The maximum Gasteiger partial charge on any atom is 0.252 e. The lowest BCUT2D eigenvalue weighted by Gasteiger charge is -2.27. The lowest BCUT2D eigenvalue weighted by Crippen LogP contribution is -2.36. The molecule has 0 bridgehead atoms. The van der Waals surface area contributed by atoms with Crippen molar-refractivity contribution in [1.82, 2.24) is 10.3 Å². The zero-order chi connectivity index (χ0) is 17.5. The van der Waals surface area contributed by atoms with Crippen LogP contribution in [0.3, 0.4) is 0 Å². The second-order valence-electron chi connectivity index (χ2n) is 5.54. The van der Waals surface area contributed by atoms with Gasteiger partial charge in [0.15, 0.2) is 11.6 Å². The molecule has 1 amide bonds. The van der Waals surface area contributed by atoms with Crippen molar-refractivity contribution in [2.75, 3.05) is 44.4 Å². The molecule has 2 aromatic rings. The number of anilines is 1. The molecule has 3 rings (SSSR count). The molecule has 0 aliphatic carbocycles. The third kappa shape index (κ3) is 4.67. The monoisotopic (exact) mass is 345 g/mol. The lowest BCUT2D eigenvalue weighted by molar-refractivity contribution is 0.0946. The number of para-hydroxylation sites is 1. The molecule has 2 heterocycles. The Labute approximate surface area is 145 Å². The van der Waals surface area contributed by atoms with Crippen LogP contribution in [0.2, 0.25) is 0 Å². The van der Waals surface area contributed by atoms with E-state index in [2.05, 4.69) is 15.2 Å². The van der Waals surface area contributed by atoms with Crippen LogP contribution in [0.1, 0.15) is 10.4 Å². The number of benzene rings is 1. The summed E-state index contributed by atoms with van der Waals surface area (Å²) >= 11 is 0. The van der Waals surface area contributed by atoms with Gasteiger partial charge in [0.2, 0.25) is 0 Å². The van der Waals surface area contributed by atoms with E-state index in [4.69, 9.17) is 9.47 Å². The number of rotatable bonds is 6. The van der Waals surface area contributed by atoms with Crippen LogP contribution in [0.25, 0.3) is 0 Å². The fourth-order valence-corrected chi connectivity index (χ4v) is 2.49. The van der Waals surface area contributed by atoms with Gasteiger partial charge in [-0.15, -0.1) is 0 Å². The second kappa shape index (κ2) is 8.43. The van der Waals surface area contributed by atoms with E-state index < -0.39 is 5.82 Å². The summed E-state index contributed by atoms with van der Waals surface area (Å²) in [5.74, 6) is 0.353. The number of morpholine rings is 1. The third-order valence-corrected chi connectivity index (χ3v) is 3.83.